The van der Waals surface area contributed by atoms with Crippen LogP contribution >= 0.6 is 0 Å². The molecule has 2 bridgehead atoms. The van der Waals surface area contributed by atoms with Gasteiger partial charge in [-0.2, -0.15) is 0 Å². The van der Waals surface area contributed by atoms with Crippen molar-refractivity contribution in [2.45, 2.75) is 33.1 Å². The molecule has 0 spiro atoms. The number of fused-ring (bicyclic) bond motifs is 2. The van der Waals surface area contributed by atoms with Crippen LogP contribution in [-0.4, -0.2) is 45.3 Å². The first kappa shape index (κ1) is 15.0. The molecular weight excluding hydrogens is 264 g/mol. The van der Waals surface area contributed by atoms with Crippen molar-refractivity contribution in [1.82, 2.24) is 5.32 Å². The molecule has 3 rings (SSSR count). The van der Waals surface area contributed by atoms with Crippen molar-refractivity contribution in [3.05, 3.63) is 12.2 Å². The minimum absolute atomic E-state index is 0.130. The van der Waals surface area contributed by atoms with Crippen molar-refractivity contribution >= 4 is 5.91 Å². The topological polar surface area (TPSA) is 42.8 Å². The molecule has 2 atom stereocenters. The lowest BCUT2D eigenvalue weighted by atomic mass is 9.68. The molecule has 0 aromatic carbocycles. The van der Waals surface area contributed by atoms with Crippen molar-refractivity contribution in [2.75, 3.05) is 39.4 Å². The molecule has 1 amide bonds. The van der Waals surface area contributed by atoms with Gasteiger partial charge in [-0.25, -0.2) is 0 Å². The molecule has 0 radical (unpaired) electrons. The number of carbonyl (C=O) groups is 1. The first-order valence-electron chi connectivity index (χ1n) is 8.36. The first-order valence-corrected chi connectivity index (χ1v) is 8.36. The number of ether oxygens (including phenoxy) is 1. The van der Waals surface area contributed by atoms with Gasteiger partial charge in [-0.3, -0.25) is 4.79 Å². The Bertz CT molecular complexity index is 440. The highest BCUT2D eigenvalue weighted by Gasteiger charge is 2.60. The minimum Gasteiger partial charge on any atom is -0.370 e. The fraction of sp³-hybridized carbons (Fsp3) is 0.824. The van der Waals surface area contributed by atoms with Crippen LogP contribution < -0.4 is 10.2 Å². The number of carbonyl (C=O) groups excluding carboxylic acids is 1. The van der Waals surface area contributed by atoms with Crippen LogP contribution in [0.25, 0.3) is 0 Å². The largest absolute Gasteiger partial charge is 0.370 e. The summed E-state index contributed by atoms with van der Waals surface area (Å²) >= 11 is 0. The highest BCUT2D eigenvalue weighted by atomic mass is 16.5. The molecule has 4 nitrogen and oxygen atoms in total. The zero-order valence-corrected chi connectivity index (χ0v) is 13.5. The molecule has 0 aromatic heterocycles. The number of quaternary nitrogens is 1. The van der Waals surface area contributed by atoms with Crippen LogP contribution in [0.3, 0.4) is 0 Å². The van der Waals surface area contributed by atoms with Gasteiger partial charge >= 0.3 is 0 Å². The standard InChI is InChI=1S/C17H28N2O2/c1-13-16(2,3)14-4-5-17(13,12-14)15(20)18-6-7-19-8-10-21-11-9-19/h14H,1,4-12H2,2-3H3,(H,18,20)/p+1/t14-,17-/m1/s1. The van der Waals surface area contributed by atoms with E-state index in [2.05, 4.69) is 25.7 Å². The summed E-state index contributed by atoms with van der Waals surface area (Å²) in [7, 11) is 0. The lowest BCUT2D eigenvalue weighted by molar-refractivity contribution is -0.906. The first-order chi connectivity index (χ1) is 9.97. The quantitative estimate of drug-likeness (QED) is 0.737. The molecule has 2 saturated carbocycles. The van der Waals surface area contributed by atoms with Crippen LogP contribution in [0.4, 0.5) is 0 Å². The second kappa shape index (κ2) is 5.40. The summed E-state index contributed by atoms with van der Waals surface area (Å²) in [6.45, 7) is 14.4. The van der Waals surface area contributed by atoms with Gasteiger partial charge in [-0.1, -0.05) is 26.0 Å². The van der Waals surface area contributed by atoms with Gasteiger partial charge in [-0.15, -0.1) is 0 Å². The van der Waals surface area contributed by atoms with Crippen molar-refractivity contribution in [2.24, 2.45) is 16.7 Å². The highest BCUT2D eigenvalue weighted by Crippen LogP contribution is 2.65. The van der Waals surface area contributed by atoms with Gasteiger partial charge in [0.1, 0.15) is 13.1 Å². The number of nitrogens with one attached hydrogen (secondary N) is 2. The Balaban J connectivity index is 1.55. The molecule has 1 saturated heterocycles. The number of morpholine rings is 1. The maximum Gasteiger partial charge on any atom is 0.230 e. The Morgan fingerprint density at radius 2 is 2.14 bits per heavy atom. The summed E-state index contributed by atoms with van der Waals surface area (Å²) in [6, 6.07) is 0. The molecule has 3 fully saturated rings. The van der Waals surface area contributed by atoms with Crippen LogP contribution in [0.5, 0.6) is 0 Å². The number of rotatable bonds is 4. The maximum atomic E-state index is 12.8. The van der Waals surface area contributed by atoms with Gasteiger partial charge in [0.2, 0.25) is 5.91 Å². The van der Waals surface area contributed by atoms with E-state index in [1.54, 1.807) is 0 Å². The van der Waals surface area contributed by atoms with E-state index in [1.807, 2.05) is 0 Å². The molecule has 0 unspecified atom stereocenters. The third-order valence-corrected chi connectivity index (χ3v) is 6.29. The molecule has 3 aliphatic rings. The summed E-state index contributed by atoms with van der Waals surface area (Å²) in [6.07, 6.45) is 3.18. The van der Waals surface area contributed by atoms with E-state index in [-0.39, 0.29) is 16.7 Å². The van der Waals surface area contributed by atoms with E-state index in [1.165, 1.54) is 16.9 Å². The molecule has 1 aliphatic heterocycles. The summed E-state index contributed by atoms with van der Waals surface area (Å²) in [5.41, 5.74) is 1.03. The van der Waals surface area contributed by atoms with Crippen molar-refractivity contribution in [3.63, 3.8) is 0 Å². The lowest BCUT2D eigenvalue weighted by Gasteiger charge is -2.37. The van der Waals surface area contributed by atoms with E-state index in [0.717, 1.165) is 52.2 Å². The second-order valence-corrected chi connectivity index (χ2v) is 7.59. The Labute approximate surface area is 127 Å². The molecule has 2 N–H and O–H groups in total. The molecule has 21 heavy (non-hydrogen) atoms. The molecule has 2 aliphatic carbocycles. The molecule has 0 aromatic rings. The zero-order chi connectivity index (χ0) is 15.1. The SMILES string of the molecule is C=C1C(C)(C)[C@@H]2CC[C@@]1(C(=O)NCC[NH+]1CCOCC1)C2. The number of hydrogen-bond acceptors (Lipinski definition) is 2. The summed E-state index contributed by atoms with van der Waals surface area (Å²) < 4.78 is 5.36. The van der Waals surface area contributed by atoms with Gasteiger partial charge < -0.3 is 15.0 Å². The summed E-state index contributed by atoms with van der Waals surface area (Å²) in [4.78, 5) is 14.3. The zero-order valence-electron chi connectivity index (χ0n) is 13.5. The number of hydrogen-bond donors (Lipinski definition) is 2. The van der Waals surface area contributed by atoms with Crippen molar-refractivity contribution in [3.8, 4) is 0 Å². The van der Waals surface area contributed by atoms with Crippen LogP contribution in [0.15, 0.2) is 12.2 Å². The van der Waals surface area contributed by atoms with Gasteiger partial charge in [0.05, 0.1) is 31.7 Å². The van der Waals surface area contributed by atoms with E-state index in [4.69, 9.17) is 4.74 Å². The Morgan fingerprint density at radius 1 is 1.43 bits per heavy atom. The predicted octanol–water partition coefficient (Wildman–Crippen LogP) is 0.400. The van der Waals surface area contributed by atoms with Gasteiger partial charge in [0.15, 0.2) is 0 Å². The Kier molecular flexibility index (Phi) is 3.87. The Hall–Kier alpha value is -0.870. The fourth-order valence-electron chi connectivity index (χ4n) is 4.57. The molecular formula is C17H29N2O2+. The van der Waals surface area contributed by atoms with E-state index in [9.17, 15) is 4.79 Å². The van der Waals surface area contributed by atoms with Gasteiger partial charge in [0.25, 0.3) is 0 Å². The Morgan fingerprint density at radius 3 is 2.76 bits per heavy atom. The molecule has 1 heterocycles. The smallest absolute Gasteiger partial charge is 0.230 e. The van der Waals surface area contributed by atoms with Crippen LogP contribution in [0.2, 0.25) is 0 Å². The minimum atomic E-state index is -0.269. The van der Waals surface area contributed by atoms with Crippen molar-refractivity contribution < 1.29 is 14.4 Å². The third kappa shape index (κ3) is 2.42. The van der Waals surface area contributed by atoms with Gasteiger partial charge in [-0.05, 0) is 30.6 Å². The molecule has 118 valence electrons. The van der Waals surface area contributed by atoms with E-state index >= 15 is 0 Å². The van der Waals surface area contributed by atoms with E-state index < -0.39 is 0 Å². The molecule has 4 heteroatoms. The van der Waals surface area contributed by atoms with E-state index in [0.29, 0.717) is 5.92 Å². The predicted molar refractivity (Wildman–Crippen MR) is 82.1 cm³/mol. The fourth-order valence-corrected chi connectivity index (χ4v) is 4.57. The monoisotopic (exact) mass is 293 g/mol. The summed E-state index contributed by atoms with van der Waals surface area (Å²) in [5, 5.41) is 3.20. The summed E-state index contributed by atoms with van der Waals surface area (Å²) in [5.74, 6) is 0.869. The average molecular weight is 293 g/mol. The second-order valence-electron chi connectivity index (χ2n) is 7.59. The van der Waals surface area contributed by atoms with Crippen LogP contribution in [0, 0.1) is 16.7 Å². The van der Waals surface area contributed by atoms with Gasteiger partial charge in [0, 0.05) is 0 Å². The van der Waals surface area contributed by atoms with Crippen LogP contribution in [0.1, 0.15) is 33.1 Å². The lowest BCUT2D eigenvalue weighted by Crippen LogP contribution is -3.14. The normalized spacial score (nSPS) is 35.1. The maximum absolute atomic E-state index is 12.8. The van der Waals surface area contributed by atoms with Crippen molar-refractivity contribution in [1.29, 1.82) is 0 Å². The van der Waals surface area contributed by atoms with Crippen LogP contribution in [-0.2, 0) is 9.53 Å². The third-order valence-electron chi connectivity index (χ3n) is 6.29. The average Bonchev–Trinajstić information content (AvgIpc) is 3.00. The number of amides is 1. The highest BCUT2D eigenvalue weighted by molar-refractivity contribution is 5.87.